The number of carbonyl (C=O) groups excluding carboxylic acids is 2. The summed E-state index contributed by atoms with van der Waals surface area (Å²) in [6.07, 6.45) is 4.41. The number of piperazine rings is 1. The number of allylic oxidation sites excluding steroid dienone is 1. The van der Waals surface area contributed by atoms with Gasteiger partial charge in [-0.3, -0.25) is 9.59 Å². The number of rotatable bonds is 4. The van der Waals surface area contributed by atoms with Crippen LogP contribution in [0.15, 0.2) is 42.5 Å². The zero-order chi connectivity index (χ0) is 15.5. The van der Waals surface area contributed by atoms with E-state index in [1.165, 1.54) is 0 Å². The molecular formula is C17H22N2O2. The summed E-state index contributed by atoms with van der Waals surface area (Å²) in [6.45, 7) is 6.07. The van der Waals surface area contributed by atoms with Crippen LogP contribution in [0.1, 0.15) is 32.8 Å². The molecule has 4 nitrogen and oxygen atoms in total. The van der Waals surface area contributed by atoms with E-state index in [4.69, 9.17) is 0 Å². The first-order valence-corrected chi connectivity index (χ1v) is 7.34. The summed E-state index contributed by atoms with van der Waals surface area (Å²) in [7, 11) is 0. The molecule has 1 aromatic carbocycles. The molecule has 1 aliphatic heterocycles. The molecule has 0 saturated carbocycles. The highest BCUT2D eigenvalue weighted by Crippen LogP contribution is 2.29. The van der Waals surface area contributed by atoms with Crippen molar-refractivity contribution in [3.63, 3.8) is 0 Å². The average molecular weight is 286 g/mol. The fourth-order valence-corrected chi connectivity index (χ4v) is 2.76. The first kappa shape index (κ1) is 15.3. The average Bonchev–Trinajstić information content (AvgIpc) is 2.50. The van der Waals surface area contributed by atoms with E-state index in [2.05, 4.69) is 5.32 Å². The topological polar surface area (TPSA) is 49.4 Å². The van der Waals surface area contributed by atoms with Gasteiger partial charge in [0.2, 0.25) is 5.91 Å². The Kier molecular flexibility index (Phi) is 4.46. The van der Waals surface area contributed by atoms with Gasteiger partial charge in [-0.1, -0.05) is 49.4 Å². The third-order valence-corrected chi connectivity index (χ3v) is 4.02. The van der Waals surface area contributed by atoms with E-state index in [1.807, 2.05) is 56.3 Å². The van der Waals surface area contributed by atoms with Gasteiger partial charge in [-0.2, -0.15) is 0 Å². The minimum absolute atomic E-state index is 0.0572. The van der Waals surface area contributed by atoms with Gasteiger partial charge in [0, 0.05) is 6.54 Å². The number of carbonyl (C=O) groups is 2. The predicted octanol–water partition coefficient (Wildman–Crippen LogP) is 2.21. The van der Waals surface area contributed by atoms with E-state index in [0.29, 0.717) is 13.0 Å². The Balaban J connectivity index is 2.41. The maximum absolute atomic E-state index is 12.9. The second-order valence-corrected chi connectivity index (χ2v) is 5.43. The normalized spacial score (nSPS) is 26.2. The third kappa shape index (κ3) is 2.71. The summed E-state index contributed by atoms with van der Waals surface area (Å²) in [4.78, 5) is 27.0. The minimum atomic E-state index is -0.994. The van der Waals surface area contributed by atoms with E-state index in [-0.39, 0.29) is 11.8 Å². The Hall–Kier alpha value is -2.10. The van der Waals surface area contributed by atoms with Gasteiger partial charge in [-0.25, -0.2) is 0 Å². The van der Waals surface area contributed by atoms with Crippen LogP contribution in [0.25, 0.3) is 0 Å². The predicted molar refractivity (Wildman–Crippen MR) is 82.5 cm³/mol. The fraction of sp³-hybridized carbons (Fsp3) is 0.412. The lowest BCUT2D eigenvalue weighted by atomic mass is 9.86. The van der Waals surface area contributed by atoms with Crippen LogP contribution in [-0.4, -0.2) is 29.3 Å². The zero-order valence-corrected chi connectivity index (χ0v) is 12.8. The summed E-state index contributed by atoms with van der Waals surface area (Å²) in [5, 5.41) is 2.91. The molecule has 0 aliphatic carbocycles. The van der Waals surface area contributed by atoms with Crippen LogP contribution < -0.4 is 5.32 Å². The fourth-order valence-electron chi connectivity index (χ4n) is 2.76. The Bertz CT molecular complexity index is 553. The summed E-state index contributed by atoms with van der Waals surface area (Å²) in [5.74, 6) is -0.147. The molecule has 1 N–H and O–H groups in total. The van der Waals surface area contributed by atoms with Crippen LogP contribution >= 0.6 is 0 Å². The molecule has 4 heteroatoms. The molecule has 2 atom stereocenters. The van der Waals surface area contributed by atoms with Gasteiger partial charge < -0.3 is 10.2 Å². The highest BCUT2D eigenvalue weighted by molar-refractivity contribution is 6.00. The monoisotopic (exact) mass is 286 g/mol. The van der Waals surface area contributed by atoms with Crippen molar-refractivity contribution in [2.24, 2.45) is 0 Å². The molecule has 2 amide bonds. The van der Waals surface area contributed by atoms with Crippen LogP contribution in [0.3, 0.4) is 0 Å². The van der Waals surface area contributed by atoms with Crippen LogP contribution in [0.5, 0.6) is 0 Å². The van der Waals surface area contributed by atoms with Crippen molar-refractivity contribution in [1.82, 2.24) is 10.2 Å². The van der Waals surface area contributed by atoms with Gasteiger partial charge in [0.25, 0.3) is 5.91 Å². The number of nitrogens with one attached hydrogen (secondary N) is 1. The lowest BCUT2D eigenvalue weighted by Crippen LogP contribution is -2.67. The second kappa shape index (κ2) is 6.12. The lowest BCUT2D eigenvalue weighted by molar-refractivity contribution is -0.154. The summed E-state index contributed by atoms with van der Waals surface area (Å²) < 4.78 is 0. The molecule has 1 aliphatic rings. The van der Waals surface area contributed by atoms with Crippen LogP contribution in [0.4, 0.5) is 0 Å². The van der Waals surface area contributed by atoms with Crippen molar-refractivity contribution >= 4 is 11.8 Å². The van der Waals surface area contributed by atoms with E-state index < -0.39 is 11.6 Å². The molecule has 2 rings (SSSR count). The molecule has 21 heavy (non-hydrogen) atoms. The van der Waals surface area contributed by atoms with Crippen molar-refractivity contribution in [3.05, 3.63) is 48.0 Å². The molecule has 0 spiro atoms. The molecule has 1 aromatic rings. The Morgan fingerprint density at radius 1 is 1.29 bits per heavy atom. The van der Waals surface area contributed by atoms with Gasteiger partial charge in [0.15, 0.2) is 0 Å². The quantitative estimate of drug-likeness (QED) is 0.863. The Morgan fingerprint density at radius 2 is 1.95 bits per heavy atom. The van der Waals surface area contributed by atoms with Gasteiger partial charge in [-0.15, -0.1) is 0 Å². The third-order valence-electron chi connectivity index (χ3n) is 4.02. The molecule has 1 saturated heterocycles. The maximum Gasteiger partial charge on any atom is 0.253 e. The largest absolute Gasteiger partial charge is 0.336 e. The summed E-state index contributed by atoms with van der Waals surface area (Å²) in [5.41, 5.74) is -0.186. The van der Waals surface area contributed by atoms with Crippen molar-refractivity contribution in [1.29, 1.82) is 0 Å². The van der Waals surface area contributed by atoms with Crippen molar-refractivity contribution in [2.75, 3.05) is 6.54 Å². The molecule has 1 fully saturated rings. The zero-order valence-electron chi connectivity index (χ0n) is 12.8. The van der Waals surface area contributed by atoms with E-state index >= 15 is 0 Å². The van der Waals surface area contributed by atoms with Gasteiger partial charge in [-0.05, 0) is 25.8 Å². The second-order valence-electron chi connectivity index (χ2n) is 5.43. The molecule has 112 valence electrons. The molecule has 0 radical (unpaired) electrons. The maximum atomic E-state index is 12.9. The number of nitrogens with zero attached hydrogens (tertiary/aromatic N) is 1. The molecule has 2 unspecified atom stereocenters. The SMILES string of the molecule is C/C=C/CN1C(=O)C(C)(c2ccccc2)NC(=O)C1CC. The van der Waals surface area contributed by atoms with Crippen LogP contribution in [0.2, 0.25) is 0 Å². The Morgan fingerprint density at radius 3 is 2.52 bits per heavy atom. The van der Waals surface area contributed by atoms with Crippen molar-refractivity contribution in [3.8, 4) is 0 Å². The first-order chi connectivity index (χ1) is 10.0. The number of amides is 2. The smallest absolute Gasteiger partial charge is 0.253 e. The van der Waals surface area contributed by atoms with Gasteiger partial charge >= 0.3 is 0 Å². The number of hydrogen-bond donors (Lipinski definition) is 1. The summed E-state index contributed by atoms with van der Waals surface area (Å²) >= 11 is 0. The lowest BCUT2D eigenvalue weighted by Gasteiger charge is -2.44. The standard InChI is InChI=1S/C17H22N2O2/c1-4-6-12-19-14(5-2)15(20)18-17(3,16(19)21)13-10-8-7-9-11-13/h4,6-11,14H,5,12H2,1-3H3,(H,18,20)/b6-4+. The van der Waals surface area contributed by atoms with Crippen LogP contribution in [-0.2, 0) is 15.1 Å². The van der Waals surface area contributed by atoms with E-state index in [0.717, 1.165) is 5.56 Å². The molecule has 1 heterocycles. The van der Waals surface area contributed by atoms with Gasteiger partial charge in [0.1, 0.15) is 11.6 Å². The van der Waals surface area contributed by atoms with Crippen LogP contribution in [0, 0.1) is 0 Å². The van der Waals surface area contributed by atoms with Gasteiger partial charge in [0.05, 0.1) is 0 Å². The number of hydrogen-bond acceptors (Lipinski definition) is 2. The highest BCUT2D eigenvalue weighted by Gasteiger charge is 2.47. The molecule has 0 bridgehead atoms. The summed E-state index contributed by atoms with van der Waals surface area (Å²) in [6, 6.07) is 9.00. The first-order valence-electron chi connectivity index (χ1n) is 7.34. The van der Waals surface area contributed by atoms with E-state index in [1.54, 1.807) is 11.8 Å². The minimum Gasteiger partial charge on any atom is -0.336 e. The Labute approximate surface area is 125 Å². The molecule has 0 aromatic heterocycles. The molecular weight excluding hydrogens is 264 g/mol. The number of benzene rings is 1. The van der Waals surface area contributed by atoms with Crippen molar-refractivity contribution < 1.29 is 9.59 Å². The highest BCUT2D eigenvalue weighted by atomic mass is 16.2. The van der Waals surface area contributed by atoms with E-state index in [9.17, 15) is 9.59 Å². The van der Waals surface area contributed by atoms with Crippen molar-refractivity contribution in [2.45, 2.75) is 38.8 Å².